The van der Waals surface area contributed by atoms with Gasteiger partial charge in [-0.25, -0.2) is 8.42 Å². The Bertz CT molecular complexity index is 876. The zero-order valence-corrected chi connectivity index (χ0v) is 15.7. The maximum atomic E-state index is 13.1. The number of hydrogen-bond acceptors (Lipinski definition) is 6. The van der Waals surface area contributed by atoms with Crippen molar-refractivity contribution in [3.8, 4) is 5.75 Å². The molecule has 2 N–H and O–H groups in total. The van der Waals surface area contributed by atoms with Crippen LogP contribution >= 0.6 is 0 Å². The van der Waals surface area contributed by atoms with Crippen LogP contribution in [0.4, 0.5) is 0 Å². The third-order valence-electron chi connectivity index (χ3n) is 4.75. The lowest BCUT2D eigenvalue weighted by Crippen LogP contribution is -2.53. The van der Waals surface area contributed by atoms with Crippen LogP contribution in [0.15, 0.2) is 53.6 Å². The van der Waals surface area contributed by atoms with Gasteiger partial charge < -0.3 is 15.2 Å². The van der Waals surface area contributed by atoms with Gasteiger partial charge in [-0.3, -0.25) is 9.78 Å². The van der Waals surface area contributed by atoms with Crippen LogP contribution in [-0.4, -0.2) is 43.9 Å². The van der Waals surface area contributed by atoms with E-state index in [0.29, 0.717) is 18.8 Å². The van der Waals surface area contributed by atoms with Crippen molar-refractivity contribution in [1.82, 2.24) is 4.98 Å². The Kier molecular flexibility index (Phi) is 5.76. The molecule has 0 spiro atoms. The van der Waals surface area contributed by atoms with E-state index >= 15 is 0 Å². The predicted molar refractivity (Wildman–Crippen MR) is 99.0 cm³/mol. The SMILES string of the molecule is NC(=O)C1(S(=O)(=O)c2ccc(OCCc3ccccn3)cc2)CCOCC1. The predicted octanol–water partition coefficient (Wildman–Crippen LogP) is 1.51. The molecule has 2 aromatic rings. The van der Waals surface area contributed by atoms with Crippen molar-refractivity contribution in [3.63, 3.8) is 0 Å². The first-order chi connectivity index (χ1) is 13.0. The average molecular weight is 390 g/mol. The van der Waals surface area contributed by atoms with E-state index in [4.69, 9.17) is 15.2 Å². The third-order valence-corrected chi connectivity index (χ3v) is 7.28. The number of benzene rings is 1. The van der Waals surface area contributed by atoms with Crippen molar-refractivity contribution in [2.45, 2.75) is 28.9 Å². The van der Waals surface area contributed by atoms with Gasteiger partial charge in [-0.15, -0.1) is 0 Å². The highest BCUT2D eigenvalue weighted by Crippen LogP contribution is 2.35. The van der Waals surface area contributed by atoms with Crippen LogP contribution in [-0.2, 0) is 25.8 Å². The van der Waals surface area contributed by atoms with Gasteiger partial charge in [0.1, 0.15) is 5.75 Å². The van der Waals surface area contributed by atoms with Gasteiger partial charge in [0.2, 0.25) is 5.91 Å². The second kappa shape index (κ2) is 8.06. The Hall–Kier alpha value is -2.45. The summed E-state index contributed by atoms with van der Waals surface area (Å²) in [6, 6.07) is 11.7. The molecule has 0 aliphatic carbocycles. The topological polar surface area (TPSA) is 109 Å². The van der Waals surface area contributed by atoms with Crippen LogP contribution < -0.4 is 10.5 Å². The molecule has 27 heavy (non-hydrogen) atoms. The Morgan fingerprint density at radius 2 is 1.85 bits per heavy atom. The van der Waals surface area contributed by atoms with Crippen LogP contribution in [0.3, 0.4) is 0 Å². The smallest absolute Gasteiger partial charge is 0.239 e. The lowest BCUT2D eigenvalue weighted by Gasteiger charge is -2.33. The second-order valence-electron chi connectivity index (χ2n) is 6.37. The number of carbonyl (C=O) groups is 1. The molecule has 3 rings (SSSR count). The normalized spacial score (nSPS) is 16.6. The molecule has 8 heteroatoms. The molecule has 1 aromatic carbocycles. The molecule has 1 aromatic heterocycles. The molecule has 1 aliphatic rings. The number of pyridine rings is 1. The second-order valence-corrected chi connectivity index (χ2v) is 8.63. The number of sulfone groups is 1. The molecule has 0 saturated carbocycles. The maximum absolute atomic E-state index is 13.1. The minimum absolute atomic E-state index is 0.0558. The number of amides is 1. The molecule has 1 amide bonds. The number of nitrogens with two attached hydrogens (primary N) is 1. The highest BCUT2D eigenvalue weighted by atomic mass is 32.2. The summed E-state index contributed by atoms with van der Waals surface area (Å²) in [5, 5.41) is 0. The fraction of sp³-hybridized carbons (Fsp3) is 0.368. The molecule has 0 unspecified atom stereocenters. The van der Waals surface area contributed by atoms with Crippen molar-refractivity contribution in [2.75, 3.05) is 19.8 Å². The van der Waals surface area contributed by atoms with E-state index in [1.807, 2.05) is 18.2 Å². The minimum Gasteiger partial charge on any atom is -0.493 e. The molecular weight excluding hydrogens is 368 g/mol. The number of ether oxygens (including phenoxy) is 2. The Balaban J connectivity index is 1.71. The summed E-state index contributed by atoms with van der Waals surface area (Å²) < 4.78 is 35.4. The van der Waals surface area contributed by atoms with E-state index in [1.165, 1.54) is 12.1 Å². The molecule has 0 bridgehead atoms. The molecule has 1 aliphatic heterocycles. The lowest BCUT2D eigenvalue weighted by molar-refractivity contribution is -0.122. The molecular formula is C19H22N2O5S. The zero-order chi connectivity index (χ0) is 19.3. The number of primary amides is 1. The summed E-state index contributed by atoms with van der Waals surface area (Å²) in [7, 11) is -3.92. The summed E-state index contributed by atoms with van der Waals surface area (Å²) in [5.74, 6) is -0.286. The molecule has 0 atom stereocenters. The van der Waals surface area contributed by atoms with Gasteiger partial charge in [-0.05, 0) is 49.2 Å². The fourth-order valence-electron chi connectivity index (χ4n) is 3.11. The van der Waals surface area contributed by atoms with E-state index in [-0.39, 0.29) is 31.0 Å². The highest BCUT2D eigenvalue weighted by Gasteiger charge is 2.51. The number of aromatic nitrogens is 1. The van der Waals surface area contributed by atoms with E-state index in [2.05, 4.69) is 4.98 Å². The summed E-state index contributed by atoms with van der Waals surface area (Å²) in [6.45, 7) is 0.805. The Labute approximate surface area is 158 Å². The van der Waals surface area contributed by atoms with E-state index < -0.39 is 20.5 Å². The summed E-state index contributed by atoms with van der Waals surface area (Å²) in [5.41, 5.74) is 6.39. The first-order valence-electron chi connectivity index (χ1n) is 8.71. The average Bonchev–Trinajstić information content (AvgIpc) is 2.69. The highest BCUT2D eigenvalue weighted by molar-refractivity contribution is 7.93. The summed E-state index contributed by atoms with van der Waals surface area (Å²) >= 11 is 0. The van der Waals surface area contributed by atoms with Crippen molar-refractivity contribution < 1.29 is 22.7 Å². The summed E-state index contributed by atoms with van der Waals surface area (Å²) in [4.78, 5) is 16.3. The molecule has 1 fully saturated rings. The minimum atomic E-state index is -3.92. The lowest BCUT2D eigenvalue weighted by atomic mass is 9.98. The number of rotatable bonds is 7. The van der Waals surface area contributed by atoms with Crippen LogP contribution in [0.1, 0.15) is 18.5 Å². The first-order valence-corrected chi connectivity index (χ1v) is 10.2. The number of hydrogen-bond donors (Lipinski definition) is 1. The molecule has 144 valence electrons. The van der Waals surface area contributed by atoms with E-state index in [0.717, 1.165) is 5.69 Å². The molecule has 1 saturated heterocycles. The monoisotopic (exact) mass is 390 g/mol. The summed E-state index contributed by atoms with van der Waals surface area (Å²) in [6.07, 6.45) is 2.49. The van der Waals surface area contributed by atoms with Gasteiger partial charge in [-0.2, -0.15) is 0 Å². The zero-order valence-electron chi connectivity index (χ0n) is 14.8. The Morgan fingerprint density at radius 1 is 1.15 bits per heavy atom. The standard InChI is InChI=1S/C19H22N2O5S/c20-18(22)19(9-13-25-14-10-19)27(23,24)17-6-4-16(5-7-17)26-12-8-15-3-1-2-11-21-15/h1-7,11H,8-10,12-14H2,(H2,20,22). The fourth-order valence-corrected chi connectivity index (χ4v) is 5.02. The van der Waals surface area contributed by atoms with Gasteiger partial charge >= 0.3 is 0 Å². The molecule has 7 nitrogen and oxygen atoms in total. The largest absolute Gasteiger partial charge is 0.493 e. The van der Waals surface area contributed by atoms with Gasteiger partial charge in [0.05, 0.1) is 11.5 Å². The molecule has 0 radical (unpaired) electrons. The van der Waals surface area contributed by atoms with Crippen molar-refractivity contribution in [2.24, 2.45) is 5.73 Å². The van der Waals surface area contributed by atoms with Gasteiger partial charge in [0, 0.05) is 31.5 Å². The van der Waals surface area contributed by atoms with Gasteiger partial charge in [0.25, 0.3) is 0 Å². The third kappa shape index (κ3) is 3.96. The van der Waals surface area contributed by atoms with Crippen molar-refractivity contribution in [1.29, 1.82) is 0 Å². The van der Waals surface area contributed by atoms with Gasteiger partial charge in [-0.1, -0.05) is 6.07 Å². The van der Waals surface area contributed by atoms with Crippen molar-refractivity contribution in [3.05, 3.63) is 54.4 Å². The van der Waals surface area contributed by atoms with E-state index in [1.54, 1.807) is 18.3 Å². The van der Waals surface area contributed by atoms with Crippen LogP contribution in [0, 0.1) is 0 Å². The first kappa shape index (κ1) is 19.3. The number of nitrogens with zero attached hydrogens (tertiary/aromatic N) is 1. The Morgan fingerprint density at radius 3 is 2.44 bits per heavy atom. The van der Waals surface area contributed by atoms with Gasteiger partial charge in [0.15, 0.2) is 14.6 Å². The van der Waals surface area contributed by atoms with Crippen LogP contribution in [0.25, 0.3) is 0 Å². The number of carbonyl (C=O) groups excluding carboxylic acids is 1. The van der Waals surface area contributed by atoms with Crippen LogP contribution in [0.5, 0.6) is 5.75 Å². The van der Waals surface area contributed by atoms with Crippen molar-refractivity contribution >= 4 is 15.7 Å². The maximum Gasteiger partial charge on any atom is 0.239 e. The van der Waals surface area contributed by atoms with Crippen LogP contribution in [0.2, 0.25) is 0 Å². The molecule has 2 heterocycles. The quantitative estimate of drug-likeness (QED) is 0.768. The van der Waals surface area contributed by atoms with E-state index in [9.17, 15) is 13.2 Å².